The van der Waals surface area contributed by atoms with E-state index < -0.39 is 11.8 Å². The fourth-order valence-corrected chi connectivity index (χ4v) is 3.64. The molecule has 148 valence electrons. The molecule has 0 bridgehead atoms. The van der Waals surface area contributed by atoms with Crippen LogP contribution in [0.1, 0.15) is 0 Å². The van der Waals surface area contributed by atoms with Gasteiger partial charge in [0.25, 0.3) is 0 Å². The van der Waals surface area contributed by atoms with E-state index in [4.69, 9.17) is 4.74 Å². The lowest BCUT2D eigenvalue weighted by Gasteiger charge is -2.36. The maximum Gasteiger partial charge on any atom is 0.313 e. The number of rotatable bonds is 3. The first-order valence-corrected chi connectivity index (χ1v) is 9.63. The highest BCUT2D eigenvalue weighted by Gasteiger charge is 2.27. The third kappa shape index (κ3) is 4.01. The summed E-state index contributed by atoms with van der Waals surface area (Å²) in [5, 5.41) is 4.83. The van der Waals surface area contributed by atoms with Crippen molar-refractivity contribution >= 4 is 34.0 Å². The molecule has 1 aliphatic heterocycles. The first-order chi connectivity index (χ1) is 14.2. The first-order valence-electron chi connectivity index (χ1n) is 9.63. The summed E-state index contributed by atoms with van der Waals surface area (Å²) in [6.45, 7) is 2.27. The standard InChI is InChI=1S/C23H23N3O3/c1-29-21-9-5-4-8-20(21)25-12-14-26(15-13-25)23(28)22(27)24-19-11-10-17-6-2-3-7-18(17)16-19/h2-11,16H,12-15H2,1H3,(H,24,27). The molecule has 0 atom stereocenters. The number of para-hydroxylation sites is 2. The van der Waals surface area contributed by atoms with Crippen molar-refractivity contribution in [2.45, 2.75) is 0 Å². The van der Waals surface area contributed by atoms with Crippen LogP contribution in [0.4, 0.5) is 11.4 Å². The minimum atomic E-state index is -0.606. The van der Waals surface area contributed by atoms with Crippen LogP contribution in [-0.4, -0.2) is 50.0 Å². The molecule has 0 radical (unpaired) electrons. The molecule has 3 aromatic rings. The highest BCUT2D eigenvalue weighted by molar-refractivity contribution is 6.39. The summed E-state index contributed by atoms with van der Waals surface area (Å²) in [5.41, 5.74) is 1.62. The molecule has 29 heavy (non-hydrogen) atoms. The third-order valence-corrected chi connectivity index (χ3v) is 5.19. The van der Waals surface area contributed by atoms with E-state index in [1.54, 1.807) is 12.0 Å². The highest BCUT2D eigenvalue weighted by atomic mass is 16.5. The van der Waals surface area contributed by atoms with Gasteiger partial charge < -0.3 is 19.9 Å². The van der Waals surface area contributed by atoms with Gasteiger partial charge in [-0.2, -0.15) is 0 Å². The number of piperazine rings is 1. The molecule has 6 heteroatoms. The Hall–Kier alpha value is -3.54. The topological polar surface area (TPSA) is 61.9 Å². The van der Waals surface area contributed by atoms with Crippen LogP contribution in [0.15, 0.2) is 66.7 Å². The fourth-order valence-electron chi connectivity index (χ4n) is 3.64. The van der Waals surface area contributed by atoms with Gasteiger partial charge in [0.05, 0.1) is 12.8 Å². The summed E-state index contributed by atoms with van der Waals surface area (Å²) in [6, 6.07) is 21.3. The van der Waals surface area contributed by atoms with Crippen molar-refractivity contribution in [2.24, 2.45) is 0 Å². The van der Waals surface area contributed by atoms with Gasteiger partial charge in [0.1, 0.15) is 5.75 Å². The van der Waals surface area contributed by atoms with Gasteiger partial charge in [0.2, 0.25) is 0 Å². The molecule has 6 nitrogen and oxygen atoms in total. The van der Waals surface area contributed by atoms with Crippen LogP contribution in [0.5, 0.6) is 5.75 Å². The zero-order chi connectivity index (χ0) is 20.2. The molecule has 0 unspecified atom stereocenters. The molecule has 3 aromatic carbocycles. The number of nitrogens with zero attached hydrogens (tertiary/aromatic N) is 2. The molecule has 0 spiro atoms. The van der Waals surface area contributed by atoms with Crippen molar-refractivity contribution in [1.29, 1.82) is 0 Å². The Morgan fingerprint density at radius 1 is 0.862 bits per heavy atom. The smallest absolute Gasteiger partial charge is 0.313 e. The number of ether oxygens (including phenoxy) is 1. The molecule has 0 saturated carbocycles. The van der Waals surface area contributed by atoms with E-state index in [9.17, 15) is 9.59 Å². The zero-order valence-electron chi connectivity index (χ0n) is 16.3. The molecule has 0 aliphatic carbocycles. The van der Waals surface area contributed by atoms with Crippen molar-refractivity contribution in [3.05, 3.63) is 66.7 Å². The maximum absolute atomic E-state index is 12.6. The average molecular weight is 389 g/mol. The van der Waals surface area contributed by atoms with Gasteiger partial charge in [-0.05, 0) is 35.0 Å². The molecule has 0 aromatic heterocycles. The summed E-state index contributed by atoms with van der Waals surface area (Å²) in [6.07, 6.45) is 0. The molecule has 1 heterocycles. The first kappa shape index (κ1) is 18.8. The molecule has 1 N–H and O–H groups in total. The Kier molecular flexibility index (Phi) is 5.33. The summed E-state index contributed by atoms with van der Waals surface area (Å²) in [7, 11) is 1.65. The number of hydrogen-bond donors (Lipinski definition) is 1. The van der Waals surface area contributed by atoms with Gasteiger partial charge in [-0.1, -0.05) is 42.5 Å². The summed E-state index contributed by atoms with van der Waals surface area (Å²) in [4.78, 5) is 28.8. The molecule has 2 amide bonds. The minimum Gasteiger partial charge on any atom is -0.495 e. The van der Waals surface area contributed by atoms with Crippen LogP contribution in [0.25, 0.3) is 10.8 Å². The van der Waals surface area contributed by atoms with Crippen molar-refractivity contribution in [1.82, 2.24) is 4.90 Å². The Labute approximate surface area is 169 Å². The van der Waals surface area contributed by atoms with Gasteiger partial charge in [-0.3, -0.25) is 9.59 Å². The highest BCUT2D eigenvalue weighted by Crippen LogP contribution is 2.28. The van der Waals surface area contributed by atoms with E-state index in [-0.39, 0.29) is 0 Å². The largest absolute Gasteiger partial charge is 0.495 e. The number of fused-ring (bicyclic) bond motifs is 1. The Bertz CT molecular complexity index is 1040. The van der Waals surface area contributed by atoms with Gasteiger partial charge >= 0.3 is 11.8 Å². The lowest BCUT2D eigenvalue weighted by Crippen LogP contribution is -2.51. The molecule has 4 rings (SSSR count). The normalized spacial score (nSPS) is 14.0. The summed E-state index contributed by atoms with van der Waals surface area (Å²) >= 11 is 0. The molecule has 1 aliphatic rings. The van der Waals surface area contributed by atoms with Gasteiger partial charge in [-0.15, -0.1) is 0 Å². The zero-order valence-corrected chi connectivity index (χ0v) is 16.3. The van der Waals surface area contributed by atoms with Crippen LogP contribution in [0.3, 0.4) is 0 Å². The Balaban J connectivity index is 1.38. The minimum absolute atomic E-state index is 0.488. The fraction of sp³-hybridized carbons (Fsp3) is 0.217. The second-order valence-electron chi connectivity index (χ2n) is 6.97. The second kappa shape index (κ2) is 8.22. The summed E-state index contributed by atoms with van der Waals surface area (Å²) in [5.74, 6) is -0.301. The molecular formula is C23H23N3O3. The van der Waals surface area contributed by atoms with Crippen LogP contribution in [0, 0.1) is 0 Å². The number of nitrogens with one attached hydrogen (secondary N) is 1. The van der Waals surface area contributed by atoms with Gasteiger partial charge in [0.15, 0.2) is 0 Å². The van der Waals surface area contributed by atoms with Crippen LogP contribution < -0.4 is 15.0 Å². The molecule has 1 fully saturated rings. The number of benzene rings is 3. The lowest BCUT2D eigenvalue weighted by molar-refractivity contribution is -0.143. The van der Waals surface area contributed by atoms with Crippen LogP contribution in [-0.2, 0) is 9.59 Å². The van der Waals surface area contributed by atoms with Crippen LogP contribution in [0.2, 0.25) is 0 Å². The molecule has 1 saturated heterocycles. The average Bonchev–Trinajstić information content (AvgIpc) is 2.78. The number of methoxy groups -OCH3 is 1. The monoisotopic (exact) mass is 389 g/mol. The van der Waals surface area contributed by atoms with Crippen molar-refractivity contribution in [3.8, 4) is 5.75 Å². The van der Waals surface area contributed by atoms with Crippen molar-refractivity contribution in [2.75, 3.05) is 43.5 Å². The number of carbonyl (C=O) groups is 2. The lowest BCUT2D eigenvalue weighted by atomic mass is 10.1. The number of amides is 2. The van der Waals surface area contributed by atoms with E-state index >= 15 is 0 Å². The van der Waals surface area contributed by atoms with Crippen molar-refractivity contribution < 1.29 is 14.3 Å². The number of hydrogen-bond acceptors (Lipinski definition) is 4. The second-order valence-corrected chi connectivity index (χ2v) is 6.97. The number of anilines is 2. The van der Waals surface area contributed by atoms with E-state index in [2.05, 4.69) is 10.2 Å². The van der Waals surface area contributed by atoms with E-state index in [0.717, 1.165) is 22.2 Å². The van der Waals surface area contributed by atoms with Crippen LogP contribution >= 0.6 is 0 Å². The Morgan fingerprint density at radius 3 is 2.31 bits per heavy atom. The maximum atomic E-state index is 12.6. The van der Waals surface area contributed by atoms with E-state index in [1.165, 1.54) is 0 Å². The number of carbonyl (C=O) groups excluding carboxylic acids is 2. The predicted octanol–water partition coefficient (Wildman–Crippen LogP) is 3.14. The van der Waals surface area contributed by atoms with Gasteiger partial charge in [-0.25, -0.2) is 0 Å². The predicted molar refractivity (Wildman–Crippen MR) is 114 cm³/mol. The quantitative estimate of drug-likeness (QED) is 0.699. The SMILES string of the molecule is COc1ccccc1N1CCN(C(=O)C(=O)Nc2ccc3ccccc3c2)CC1. The molecular weight excluding hydrogens is 366 g/mol. The van der Waals surface area contributed by atoms with Crippen molar-refractivity contribution in [3.63, 3.8) is 0 Å². The summed E-state index contributed by atoms with van der Waals surface area (Å²) < 4.78 is 5.42. The van der Waals surface area contributed by atoms with E-state index in [1.807, 2.05) is 66.7 Å². The van der Waals surface area contributed by atoms with Gasteiger partial charge in [0, 0.05) is 31.9 Å². The third-order valence-electron chi connectivity index (χ3n) is 5.19. The van der Waals surface area contributed by atoms with E-state index in [0.29, 0.717) is 31.9 Å². The Morgan fingerprint density at radius 2 is 1.55 bits per heavy atom.